The molecule has 0 N–H and O–H groups in total. The molecule has 6 nitrogen and oxygen atoms in total. The summed E-state index contributed by atoms with van der Waals surface area (Å²) < 4.78 is 10.1. The van der Waals surface area contributed by atoms with Crippen molar-refractivity contribution in [2.45, 2.75) is 13.8 Å². The largest absolute Gasteiger partial charge is 0.427 e. The van der Waals surface area contributed by atoms with E-state index < -0.39 is 0 Å². The number of ether oxygens (including phenoxy) is 2. The van der Waals surface area contributed by atoms with E-state index in [9.17, 15) is 9.59 Å². The van der Waals surface area contributed by atoms with Gasteiger partial charge in [-0.15, -0.1) is 0 Å². The first-order chi connectivity index (χ1) is 13.5. The molecule has 8 heteroatoms. The van der Waals surface area contributed by atoms with Crippen molar-refractivity contribution >= 4 is 44.3 Å². The number of nitrogens with zero attached hydrogens (tertiary/aromatic N) is 2. The first kappa shape index (κ1) is 18.3. The molecule has 2 aromatic carbocycles. The number of thiazole rings is 2. The molecule has 0 fully saturated rings. The Kier molecular flexibility index (Phi) is 4.89. The quantitative estimate of drug-likeness (QED) is 0.350. The van der Waals surface area contributed by atoms with Gasteiger partial charge in [0, 0.05) is 25.0 Å². The Morgan fingerprint density at radius 2 is 1.04 bits per heavy atom. The molecule has 0 atom stereocenters. The summed E-state index contributed by atoms with van der Waals surface area (Å²) in [5, 5.41) is 1.72. The fourth-order valence-corrected chi connectivity index (χ4v) is 4.61. The first-order valence-electron chi connectivity index (χ1n) is 8.33. The number of fused-ring (bicyclic) bond motifs is 1. The Labute approximate surface area is 168 Å². The summed E-state index contributed by atoms with van der Waals surface area (Å²) >= 11 is 3.02. The van der Waals surface area contributed by atoms with Crippen LogP contribution in [0.2, 0.25) is 0 Å². The van der Waals surface area contributed by atoms with Crippen molar-refractivity contribution < 1.29 is 19.1 Å². The van der Waals surface area contributed by atoms with Gasteiger partial charge in [-0.25, -0.2) is 9.97 Å². The Balaban J connectivity index is 1.56. The number of carbonyl (C=O) groups excluding carboxylic acids is 2. The highest BCUT2D eigenvalue weighted by Crippen LogP contribution is 2.37. The van der Waals surface area contributed by atoms with Crippen molar-refractivity contribution in [3.63, 3.8) is 0 Å². The molecule has 0 amide bonds. The second-order valence-corrected chi connectivity index (χ2v) is 7.84. The van der Waals surface area contributed by atoms with E-state index in [-0.39, 0.29) is 11.9 Å². The van der Waals surface area contributed by atoms with Crippen LogP contribution in [0.5, 0.6) is 11.5 Å². The van der Waals surface area contributed by atoms with Gasteiger partial charge in [0.05, 0.1) is 0 Å². The maximum atomic E-state index is 11.0. The molecule has 0 radical (unpaired) electrons. The van der Waals surface area contributed by atoms with E-state index in [4.69, 9.17) is 9.47 Å². The number of aromatic nitrogens is 2. The number of hydrogen-bond donors (Lipinski definition) is 0. The van der Waals surface area contributed by atoms with Gasteiger partial charge in [0.2, 0.25) is 0 Å². The molecule has 4 rings (SSSR count). The number of esters is 2. The number of carbonyl (C=O) groups is 2. The Hall–Kier alpha value is -3.10. The zero-order chi connectivity index (χ0) is 19.7. The molecule has 0 aliphatic heterocycles. The molecular weight excluding hydrogens is 396 g/mol. The van der Waals surface area contributed by atoms with E-state index in [0.717, 1.165) is 30.8 Å². The lowest BCUT2D eigenvalue weighted by Gasteiger charge is -2.02. The van der Waals surface area contributed by atoms with Gasteiger partial charge in [0.1, 0.15) is 21.5 Å². The minimum atomic E-state index is -0.347. The van der Waals surface area contributed by atoms with Gasteiger partial charge in [-0.1, -0.05) is 22.7 Å². The third-order valence-electron chi connectivity index (χ3n) is 3.70. The molecule has 0 unspecified atom stereocenters. The van der Waals surface area contributed by atoms with Crippen LogP contribution in [0.1, 0.15) is 13.8 Å². The fraction of sp³-hybridized carbons (Fsp3) is 0.100. The van der Waals surface area contributed by atoms with Crippen LogP contribution in [0.25, 0.3) is 30.8 Å². The Bertz CT molecular complexity index is 1040. The van der Waals surface area contributed by atoms with Crippen LogP contribution in [0, 0.1) is 0 Å². The first-order valence-corrected chi connectivity index (χ1v) is 9.96. The summed E-state index contributed by atoms with van der Waals surface area (Å²) in [4.78, 5) is 33.1. The van der Waals surface area contributed by atoms with Crippen LogP contribution in [0.4, 0.5) is 0 Å². The van der Waals surface area contributed by atoms with Crippen LogP contribution in [-0.2, 0) is 9.59 Å². The lowest BCUT2D eigenvalue weighted by Crippen LogP contribution is -2.00. The maximum Gasteiger partial charge on any atom is 0.308 e. The smallest absolute Gasteiger partial charge is 0.308 e. The van der Waals surface area contributed by atoms with Gasteiger partial charge in [-0.3, -0.25) is 9.59 Å². The molecule has 2 aromatic heterocycles. The molecule has 0 bridgehead atoms. The van der Waals surface area contributed by atoms with Gasteiger partial charge in [-0.2, -0.15) is 0 Å². The van der Waals surface area contributed by atoms with Gasteiger partial charge in [0.15, 0.2) is 9.66 Å². The highest BCUT2D eigenvalue weighted by atomic mass is 32.1. The van der Waals surface area contributed by atoms with Crippen molar-refractivity contribution in [1.29, 1.82) is 0 Å². The second-order valence-electron chi connectivity index (χ2n) is 5.88. The monoisotopic (exact) mass is 410 g/mol. The molecule has 28 heavy (non-hydrogen) atoms. The van der Waals surface area contributed by atoms with Crippen molar-refractivity contribution in [3.05, 3.63) is 48.5 Å². The van der Waals surface area contributed by atoms with E-state index in [1.165, 1.54) is 36.5 Å². The van der Waals surface area contributed by atoms with Crippen molar-refractivity contribution in [2.75, 3.05) is 0 Å². The summed E-state index contributed by atoms with van der Waals surface area (Å²) in [7, 11) is 0. The summed E-state index contributed by atoms with van der Waals surface area (Å²) in [5.41, 5.74) is 1.89. The second kappa shape index (κ2) is 7.49. The predicted molar refractivity (Wildman–Crippen MR) is 109 cm³/mol. The van der Waals surface area contributed by atoms with Crippen molar-refractivity contribution in [1.82, 2.24) is 9.97 Å². The topological polar surface area (TPSA) is 78.4 Å². The summed E-state index contributed by atoms with van der Waals surface area (Å²) in [6.07, 6.45) is 0. The normalized spacial score (nSPS) is 10.8. The lowest BCUT2D eigenvalue weighted by atomic mass is 10.2. The molecule has 0 aliphatic rings. The maximum absolute atomic E-state index is 11.0. The zero-order valence-electron chi connectivity index (χ0n) is 15.0. The Morgan fingerprint density at radius 1 is 0.679 bits per heavy atom. The van der Waals surface area contributed by atoms with Crippen molar-refractivity contribution in [2.24, 2.45) is 0 Å². The summed E-state index contributed by atoms with van der Waals surface area (Å²) in [6, 6.07) is 14.5. The van der Waals surface area contributed by atoms with Gasteiger partial charge >= 0.3 is 11.9 Å². The number of benzene rings is 2. The molecular formula is C20H14N2O4S2. The van der Waals surface area contributed by atoms with Gasteiger partial charge in [-0.05, 0) is 48.5 Å². The van der Waals surface area contributed by atoms with Crippen LogP contribution < -0.4 is 9.47 Å². The van der Waals surface area contributed by atoms with E-state index in [1.54, 1.807) is 24.3 Å². The third kappa shape index (κ3) is 3.92. The molecule has 0 aliphatic carbocycles. The molecule has 0 spiro atoms. The minimum Gasteiger partial charge on any atom is -0.427 e. The van der Waals surface area contributed by atoms with E-state index >= 15 is 0 Å². The standard InChI is InChI=1S/C20H14N2O4S2/c1-11(23)25-15-7-3-13(4-8-15)17-21-19-20(27-17)22-18(28-19)14-5-9-16(10-6-14)26-12(2)24/h3-10H,1-2H3. The third-order valence-corrected chi connectivity index (χ3v) is 5.83. The summed E-state index contributed by atoms with van der Waals surface area (Å²) in [6.45, 7) is 2.74. The van der Waals surface area contributed by atoms with E-state index in [0.29, 0.717) is 11.5 Å². The highest BCUT2D eigenvalue weighted by Gasteiger charge is 2.13. The van der Waals surface area contributed by atoms with Crippen LogP contribution >= 0.6 is 22.7 Å². The van der Waals surface area contributed by atoms with E-state index in [2.05, 4.69) is 9.97 Å². The molecule has 0 saturated heterocycles. The lowest BCUT2D eigenvalue weighted by molar-refractivity contribution is -0.132. The van der Waals surface area contributed by atoms with E-state index in [1.807, 2.05) is 24.3 Å². The fourth-order valence-electron chi connectivity index (χ4n) is 2.55. The Morgan fingerprint density at radius 3 is 1.36 bits per heavy atom. The van der Waals surface area contributed by atoms with Crippen molar-refractivity contribution in [3.8, 4) is 32.6 Å². The number of hydrogen-bond acceptors (Lipinski definition) is 8. The predicted octanol–water partition coefficient (Wildman–Crippen LogP) is 4.94. The van der Waals surface area contributed by atoms with Crippen LogP contribution in [0.3, 0.4) is 0 Å². The molecule has 4 aromatic rings. The van der Waals surface area contributed by atoms with Crippen LogP contribution in [0.15, 0.2) is 48.5 Å². The summed E-state index contributed by atoms with van der Waals surface area (Å²) in [5.74, 6) is 0.319. The minimum absolute atomic E-state index is 0.347. The molecule has 140 valence electrons. The van der Waals surface area contributed by atoms with Gasteiger partial charge < -0.3 is 9.47 Å². The highest BCUT2D eigenvalue weighted by molar-refractivity contribution is 7.29. The SMILES string of the molecule is CC(=O)Oc1ccc(-c2nc3sc(-c4ccc(OC(C)=O)cc4)nc3s2)cc1. The molecule has 2 heterocycles. The average Bonchev–Trinajstić information content (AvgIpc) is 3.21. The zero-order valence-corrected chi connectivity index (χ0v) is 16.6. The average molecular weight is 410 g/mol. The van der Waals surface area contributed by atoms with Crippen LogP contribution in [-0.4, -0.2) is 21.9 Å². The number of rotatable bonds is 4. The van der Waals surface area contributed by atoms with Gasteiger partial charge in [0.25, 0.3) is 0 Å². The molecule has 0 saturated carbocycles.